The molecule has 0 spiro atoms. The molecule has 2 atom stereocenters. The number of anilines is 2. The zero-order valence-corrected chi connectivity index (χ0v) is 18.1. The van der Waals surface area contributed by atoms with E-state index in [0.29, 0.717) is 49.1 Å². The zero-order chi connectivity index (χ0) is 21.8. The molecule has 166 valence electrons. The maximum Gasteiger partial charge on any atom is 0.356 e. The fourth-order valence-corrected chi connectivity index (χ4v) is 4.34. The largest absolute Gasteiger partial charge is 0.464 e. The number of carbonyl (C=O) groups excluding carboxylic acids is 2. The van der Waals surface area contributed by atoms with Crippen molar-refractivity contribution >= 4 is 34.3 Å². The lowest BCUT2D eigenvalue weighted by Gasteiger charge is -2.18. The number of ether oxygens (including phenoxy) is 2. The first kappa shape index (κ1) is 21.4. The molecule has 2 aliphatic rings. The molecule has 1 amide bonds. The molecule has 2 aromatic rings. The number of hydrogen-bond acceptors (Lipinski definition) is 6. The smallest absolute Gasteiger partial charge is 0.356 e. The van der Waals surface area contributed by atoms with Crippen LogP contribution in [0.15, 0.2) is 24.4 Å². The van der Waals surface area contributed by atoms with Gasteiger partial charge in [-0.1, -0.05) is 12.2 Å². The molecule has 8 nitrogen and oxygen atoms in total. The van der Waals surface area contributed by atoms with Crippen LogP contribution in [0.5, 0.6) is 0 Å². The van der Waals surface area contributed by atoms with E-state index >= 15 is 0 Å². The van der Waals surface area contributed by atoms with Crippen LogP contribution in [-0.2, 0) is 20.8 Å². The number of pyridine rings is 1. The van der Waals surface area contributed by atoms with Gasteiger partial charge in [-0.2, -0.15) is 0 Å². The van der Waals surface area contributed by atoms with E-state index in [1.807, 2.05) is 13.0 Å². The minimum absolute atomic E-state index is 0.148. The van der Waals surface area contributed by atoms with Gasteiger partial charge >= 0.3 is 5.97 Å². The van der Waals surface area contributed by atoms with Gasteiger partial charge in [0, 0.05) is 25.1 Å². The number of fused-ring (bicyclic) bond motifs is 1. The molecule has 0 saturated carbocycles. The number of nitrogens with zero attached hydrogens (tertiary/aromatic N) is 2. The third kappa shape index (κ3) is 4.44. The van der Waals surface area contributed by atoms with Crippen LogP contribution in [0.2, 0.25) is 0 Å². The Morgan fingerprint density at radius 3 is 2.87 bits per heavy atom. The Morgan fingerprint density at radius 2 is 2.19 bits per heavy atom. The van der Waals surface area contributed by atoms with Crippen LogP contribution in [0.3, 0.4) is 0 Å². The normalized spacial score (nSPS) is 20.7. The van der Waals surface area contributed by atoms with Gasteiger partial charge in [0.25, 0.3) is 0 Å². The Kier molecular flexibility index (Phi) is 6.56. The van der Waals surface area contributed by atoms with E-state index in [2.05, 4.69) is 27.8 Å². The van der Waals surface area contributed by atoms with Gasteiger partial charge in [0.2, 0.25) is 5.91 Å². The van der Waals surface area contributed by atoms with E-state index in [-0.39, 0.29) is 11.8 Å². The Labute approximate surface area is 182 Å². The summed E-state index contributed by atoms with van der Waals surface area (Å²) < 4.78 is 12.2. The molecule has 8 heteroatoms. The van der Waals surface area contributed by atoms with Crippen LogP contribution in [-0.4, -0.2) is 48.3 Å². The van der Waals surface area contributed by atoms with Gasteiger partial charge in [-0.3, -0.25) is 4.79 Å². The maximum absolute atomic E-state index is 12.8. The van der Waals surface area contributed by atoms with Crippen molar-refractivity contribution in [2.24, 2.45) is 11.8 Å². The second kappa shape index (κ2) is 9.51. The van der Waals surface area contributed by atoms with E-state index in [1.54, 1.807) is 10.8 Å². The lowest BCUT2D eigenvalue weighted by molar-refractivity contribution is -0.119. The highest BCUT2D eigenvalue weighted by Crippen LogP contribution is 2.33. The number of allylic oxidation sites excluding steroid dienone is 2. The van der Waals surface area contributed by atoms with Gasteiger partial charge in [0.1, 0.15) is 5.65 Å². The first-order valence-electron chi connectivity index (χ1n) is 11.0. The molecular weight excluding hydrogens is 396 g/mol. The minimum Gasteiger partial charge on any atom is -0.464 e. The molecule has 2 aromatic heterocycles. The molecule has 0 radical (unpaired) electrons. The molecular formula is C23H30N4O4. The molecule has 31 heavy (non-hydrogen) atoms. The molecule has 0 unspecified atom stereocenters. The zero-order valence-electron chi connectivity index (χ0n) is 18.1. The summed E-state index contributed by atoms with van der Waals surface area (Å²) in [4.78, 5) is 30.1. The highest BCUT2D eigenvalue weighted by atomic mass is 16.5. The first-order valence-corrected chi connectivity index (χ1v) is 11.0. The van der Waals surface area contributed by atoms with Gasteiger partial charge < -0.3 is 24.7 Å². The molecule has 1 aliphatic heterocycles. The van der Waals surface area contributed by atoms with Crippen LogP contribution in [0.4, 0.5) is 11.4 Å². The van der Waals surface area contributed by atoms with Crippen molar-refractivity contribution in [2.45, 2.75) is 39.2 Å². The number of nitrogens with one attached hydrogen (secondary N) is 2. The SMILES string of the molecule is CCn1c(C(=O)OC)c(NC(=O)[C@H]2CCOC2)c2cc(NC[C@@H]3CC=CCC3)cnc21. The predicted octanol–water partition coefficient (Wildman–Crippen LogP) is 3.59. The van der Waals surface area contributed by atoms with E-state index in [1.165, 1.54) is 13.5 Å². The topological polar surface area (TPSA) is 94.5 Å². The van der Waals surface area contributed by atoms with Gasteiger partial charge in [0.15, 0.2) is 5.69 Å². The summed E-state index contributed by atoms with van der Waals surface area (Å²) in [6.07, 6.45) is 10.3. The number of aromatic nitrogens is 2. The molecule has 1 saturated heterocycles. The quantitative estimate of drug-likeness (QED) is 0.519. The van der Waals surface area contributed by atoms with E-state index < -0.39 is 5.97 Å². The monoisotopic (exact) mass is 426 g/mol. The molecule has 0 aromatic carbocycles. The van der Waals surface area contributed by atoms with Crippen molar-refractivity contribution in [3.05, 3.63) is 30.1 Å². The second-order valence-electron chi connectivity index (χ2n) is 8.14. The third-order valence-electron chi connectivity index (χ3n) is 6.11. The van der Waals surface area contributed by atoms with Gasteiger partial charge in [0.05, 0.1) is 37.2 Å². The fraction of sp³-hybridized carbons (Fsp3) is 0.522. The summed E-state index contributed by atoms with van der Waals surface area (Å²) in [5.74, 6) is -0.279. The Hall–Kier alpha value is -2.87. The second-order valence-corrected chi connectivity index (χ2v) is 8.14. The van der Waals surface area contributed by atoms with Crippen LogP contribution in [0.25, 0.3) is 11.0 Å². The average molecular weight is 427 g/mol. The highest BCUT2D eigenvalue weighted by Gasteiger charge is 2.29. The lowest BCUT2D eigenvalue weighted by atomic mass is 9.94. The first-order chi connectivity index (χ1) is 15.1. The summed E-state index contributed by atoms with van der Waals surface area (Å²) in [6.45, 7) is 4.29. The number of carbonyl (C=O) groups is 2. The standard InChI is InChI=1S/C23H30N4O4/c1-3-27-20(23(29)30-2)19(26-22(28)16-9-10-31-14-16)18-11-17(13-25-21(18)27)24-12-15-7-5-4-6-8-15/h4-5,11,13,15-16,24H,3,6-10,12,14H2,1-2H3,(H,26,28)/t15-,16+/m1/s1. The lowest BCUT2D eigenvalue weighted by Crippen LogP contribution is -2.24. The van der Waals surface area contributed by atoms with Crippen molar-refractivity contribution in [3.63, 3.8) is 0 Å². The molecule has 4 rings (SSSR count). The Morgan fingerprint density at radius 1 is 1.32 bits per heavy atom. The summed E-state index contributed by atoms with van der Waals surface area (Å²) >= 11 is 0. The Bertz CT molecular complexity index is 991. The molecule has 1 aliphatic carbocycles. The number of methoxy groups -OCH3 is 1. The number of amides is 1. The van der Waals surface area contributed by atoms with Crippen molar-refractivity contribution in [1.29, 1.82) is 0 Å². The van der Waals surface area contributed by atoms with E-state index in [0.717, 1.165) is 30.5 Å². The predicted molar refractivity (Wildman–Crippen MR) is 119 cm³/mol. The molecule has 1 fully saturated rings. The van der Waals surface area contributed by atoms with Crippen LogP contribution < -0.4 is 10.6 Å². The highest BCUT2D eigenvalue weighted by molar-refractivity contribution is 6.11. The van der Waals surface area contributed by atoms with Crippen molar-refractivity contribution < 1.29 is 19.1 Å². The van der Waals surface area contributed by atoms with Gasteiger partial charge in [-0.05, 0) is 44.6 Å². The number of esters is 1. The molecule has 3 heterocycles. The van der Waals surface area contributed by atoms with Crippen LogP contribution in [0.1, 0.15) is 43.1 Å². The van der Waals surface area contributed by atoms with Gasteiger partial charge in [-0.25, -0.2) is 9.78 Å². The van der Waals surface area contributed by atoms with Crippen molar-refractivity contribution in [3.8, 4) is 0 Å². The number of hydrogen-bond donors (Lipinski definition) is 2. The van der Waals surface area contributed by atoms with Crippen molar-refractivity contribution in [1.82, 2.24) is 9.55 Å². The fourth-order valence-electron chi connectivity index (χ4n) is 4.34. The third-order valence-corrected chi connectivity index (χ3v) is 6.11. The summed E-state index contributed by atoms with van der Waals surface area (Å²) in [5, 5.41) is 7.18. The maximum atomic E-state index is 12.8. The van der Waals surface area contributed by atoms with Crippen LogP contribution in [0, 0.1) is 11.8 Å². The van der Waals surface area contributed by atoms with Crippen LogP contribution >= 0.6 is 0 Å². The van der Waals surface area contributed by atoms with Gasteiger partial charge in [-0.15, -0.1) is 0 Å². The summed E-state index contributed by atoms with van der Waals surface area (Å²) in [6, 6.07) is 1.96. The van der Waals surface area contributed by atoms with Crippen molar-refractivity contribution in [2.75, 3.05) is 37.5 Å². The minimum atomic E-state index is -0.499. The number of rotatable bonds is 7. The van der Waals surface area contributed by atoms with E-state index in [4.69, 9.17) is 9.47 Å². The molecule has 2 N–H and O–H groups in total. The number of aryl methyl sites for hydroxylation is 1. The summed E-state index contributed by atoms with van der Waals surface area (Å²) in [5.41, 5.74) is 2.28. The average Bonchev–Trinajstić information content (AvgIpc) is 3.44. The van der Waals surface area contributed by atoms with E-state index in [9.17, 15) is 9.59 Å². The molecule has 0 bridgehead atoms. The Balaban J connectivity index is 1.68. The summed E-state index contributed by atoms with van der Waals surface area (Å²) in [7, 11) is 1.34.